The lowest BCUT2D eigenvalue weighted by Gasteiger charge is -2.30. The molecule has 174 valence electrons. The maximum atomic E-state index is 11.9. The van der Waals surface area contributed by atoms with Crippen molar-refractivity contribution in [3.63, 3.8) is 0 Å². The van der Waals surface area contributed by atoms with Gasteiger partial charge in [0.25, 0.3) is 0 Å². The number of hydrogen-bond donors (Lipinski definition) is 2. The summed E-state index contributed by atoms with van der Waals surface area (Å²) in [6.07, 6.45) is 5.51. The lowest BCUT2D eigenvalue weighted by molar-refractivity contribution is 0.130. The Labute approximate surface area is 196 Å². The van der Waals surface area contributed by atoms with Crippen LogP contribution in [-0.4, -0.2) is 31.7 Å². The molecule has 4 aromatic rings. The first-order valence-corrected chi connectivity index (χ1v) is 11.3. The van der Waals surface area contributed by atoms with Crippen molar-refractivity contribution in [3.05, 3.63) is 55.1 Å². The first kappa shape index (κ1) is 21.7. The van der Waals surface area contributed by atoms with Crippen LogP contribution in [0.5, 0.6) is 11.8 Å². The van der Waals surface area contributed by atoms with Crippen molar-refractivity contribution in [1.29, 1.82) is 0 Å². The van der Waals surface area contributed by atoms with Gasteiger partial charge in [0, 0.05) is 28.7 Å². The van der Waals surface area contributed by atoms with Crippen LogP contribution < -0.4 is 15.8 Å². The van der Waals surface area contributed by atoms with Crippen molar-refractivity contribution in [2.75, 3.05) is 11.1 Å². The smallest absolute Gasteiger partial charge is 0.411 e. The fraction of sp³-hybridized carbons (Fsp3) is 0.280. The largest absolute Gasteiger partial charge is 0.447 e. The van der Waals surface area contributed by atoms with E-state index in [0.29, 0.717) is 23.2 Å². The number of amides is 1. The fourth-order valence-corrected chi connectivity index (χ4v) is 4.16. The SMILES string of the molecule is CC(C)OC(=O)Nc1ccc(-c2c(N)c3ccc(Oc4ncncn4)cc3n2C2CCC2)cc1. The Morgan fingerprint density at radius 1 is 1.12 bits per heavy atom. The molecule has 1 aliphatic carbocycles. The molecule has 1 fully saturated rings. The predicted molar refractivity (Wildman–Crippen MR) is 130 cm³/mol. The quantitative estimate of drug-likeness (QED) is 0.389. The molecule has 0 radical (unpaired) electrons. The van der Waals surface area contributed by atoms with Crippen LogP contribution in [0.25, 0.3) is 22.2 Å². The lowest BCUT2D eigenvalue weighted by atomic mass is 9.92. The number of benzene rings is 2. The van der Waals surface area contributed by atoms with Crippen molar-refractivity contribution >= 4 is 28.4 Å². The van der Waals surface area contributed by atoms with Gasteiger partial charge in [-0.2, -0.15) is 9.97 Å². The average Bonchev–Trinajstić information content (AvgIpc) is 3.05. The van der Waals surface area contributed by atoms with E-state index in [4.69, 9.17) is 15.2 Å². The zero-order valence-corrected chi connectivity index (χ0v) is 19.1. The normalized spacial score (nSPS) is 13.6. The van der Waals surface area contributed by atoms with Gasteiger partial charge in [-0.25, -0.2) is 9.78 Å². The molecule has 0 aliphatic heterocycles. The number of carbonyl (C=O) groups excluding carboxylic acids is 1. The highest BCUT2D eigenvalue weighted by Crippen LogP contribution is 2.45. The number of anilines is 2. The third kappa shape index (κ3) is 4.24. The van der Waals surface area contributed by atoms with Gasteiger partial charge in [-0.1, -0.05) is 12.1 Å². The number of hydrogen-bond acceptors (Lipinski definition) is 7. The van der Waals surface area contributed by atoms with E-state index >= 15 is 0 Å². The van der Waals surface area contributed by atoms with Gasteiger partial charge in [0.15, 0.2) is 0 Å². The van der Waals surface area contributed by atoms with E-state index in [2.05, 4.69) is 24.8 Å². The minimum Gasteiger partial charge on any atom is -0.447 e. The second-order valence-electron chi connectivity index (χ2n) is 8.58. The Morgan fingerprint density at radius 2 is 1.85 bits per heavy atom. The Kier molecular flexibility index (Phi) is 5.75. The number of carbonyl (C=O) groups is 1. The summed E-state index contributed by atoms with van der Waals surface area (Å²) < 4.78 is 13.3. The standard InChI is InChI=1S/C25H26N6O3/c1-15(2)33-25(32)30-17-8-6-16(7-9-17)23-22(26)20-11-10-19(34-24-28-13-27-14-29-24)12-21(20)31(23)18-4-3-5-18/h6-15,18H,3-5,26H2,1-2H3,(H,30,32). The van der Waals surface area contributed by atoms with E-state index < -0.39 is 6.09 Å². The number of nitrogens with zero attached hydrogens (tertiary/aromatic N) is 4. The number of rotatable bonds is 6. The van der Waals surface area contributed by atoms with Crippen LogP contribution in [0.1, 0.15) is 39.2 Å². The molecule has 2 heterocycles. The Hall–Kier alpha value is -4.14. The van der Waals surface area contributed by atoms with E-state index in [1.807, 2.05) is 56.3 Å². The maximum Gasteiger partial charge on any atom is 0.411 e. The van der Waals surface area contributed by atoms with Crippen LogP contribution in [-0.2, 0) is 4.74 Å². The van der Waals surface area contributed by atoms with Crippen molar-refractivity contribution in [1.82, 2.24) is 19.5 Å². The van der Waals surface area contributed by atoms with Crippen LogP contribution >= 0.6 is 0 Å². The van der Waals surface area contributed by atoms with Gasteiger partial charge in [-0.3, -0.25) is 5.32 Å². The van der Waals surface area contributed by atoms with Gasteiger partial charge in [-0.05, 0) is 57.4 Å². The molecule has 9 heteroatoms. The zero-order chi connectivity index (χ0) is 23.7. The van der Waals surface area contributed by atoms with Gasteiger partial charge < -0.3 is 19.8 Å². The summed E-state index contributed by atoms with van der Waals surface area (Å²) in [6, 6.07) is 14.1. The van der Waals surface area contributed by atoms with E-state index in [-0.39, 0.29) is 12.1 Å². The van der Waals surface area contributed by atoms with Crippen molar-refractivity contribution in [2.24, 2.45) is 0 Å². The summed E-state index contributed by atoms with van der Waals surface area (Å²) in [5.74, 6) is 0.631. The highest BCUT2D eigenvalue weighted by Gasteiger charge is 2.27. The minimum absolute atomic E-state index is 0.184. The molecule has 2 aromatic carbocycles. The van der Waals surface area contributed by atoms with Crippen LogP contribution in [0.3, 0.4) is 0 Å². The maximum absolute atomic E-state index is 11.9. The summed E-state index contributed by atoms with van der Waals surface area (Å²) >= 11 is 0. The van der Waals surface area contributed by atoms with Gasteiger partial charge in [0.05, 0.1) is 23.0 Å². The first-order valence-electron chi connectivity index (χ1n) is 11.3. The number of nitrogens with one attached hydrogen (secondary N) is 1. The average molecular weight is 459 g/mol. The number of fused-ring (bicyclic) bond motifs is 1. The molecule has 2 aromatic heterocycles. The molecule has 34 heavy (non-hydrogen) atoms. The molecule has 0 spiro atoms. The Bertz CT molecular complexity index is 1310. The van der Waals surface area contributed by atoms with E-state index in [0.717, 1.165) is 35.0 Å². The van der Waals surface area contributed by atoms with Crippen LogP contribution in [0.2, 0.25) is 0 Å². The molecule has 0 saturated heterocycles. The van der Waals surface area contributed by atoms with Crippen LogP contribution in [0, 0.1) is 0 Å². The predicted octanol–water partition coefficient (Wildman–Crippen LogP) is 5.55. The molecule has 1 saturated carbocycles. The lowest BCUT2D eigenvalue weighted by Crippen LogP contribution is -2.18. The molecule has 0 atom stereocenters. The monoisotopic (exact) mass is 458 g/mol. The summed E-state index contributed by atoms with van der Waals surface area (Å²) in [5, 5.41) is 3.72. The summed E-state index contributed by atoms with van der Waals surface area (Å²) in [6.45, 7) is 3.62. The zero-order valence-electron chi connectivity index (χ0n) is 19.1. The molecule has 0 bridgehead atoms. The minimum atomic E-state index is -0.475. The van der Waals surface area contributed by atoms with E-state index in [1.54, 1.807) is 0 Å². The van der Waals surface area contributed by atoms with Crippen molar-refractivity contribution in [3.8, 4) is 23.0 Å². The van der Waals surface area contributed by atoms with Gasteiger partial charge >= 0.3 is 12.1 Å². The van der Waals surface area contributed by atoms with Crippen molar-refractivity contribution in [2.45, 2.75) is 45.3 Å². The first-order chi connectivity index (χ1) is 16.5. The summed E-state index contributed by atoms with van der Waals surface area (Å²) in [4.78, 5) is 23.8. The van der Waals surface area contributed by atoms with Crippen molar-refractivity contribution < 1.29 is 14.3 Å². The second-order valence-corrected chi connectivity index (χ2v) is 8.58. The Morgan fingerprint density at radius 3 is 2.50 bits per heavy atom. The molecule has 1 amide bonds. The molecule has 1 aliphatic rings. The molecule has 0 unspecified atom stereocenters. The summed E-state index contributed by atoms with van der Waals surface area (Å²) in [5.41, 5.74) is 11.0. The number of aromatic nitrogens is 4. The fourth-order valence-electron chi connectivity index (χ4n) is 4.16. The molecular formula is C25H26N6O3. The number of nitrogens with two attached hydrogens (primary N) is 1. The Balaban J connectivity index is 1.51. The highest BCUT2D eigenvalue weighted by atomic mass is 16.6. The second kappa shape index (κ2) is 9.01. The van der Waals surface area contributed by atoms with Gasteiger partial charge in [0.1, 0.15) is 18.4 Å². The molecule has 5 rings (SSSR count). The van der Waals surface area contributed by atoms with E-state index in [1.165, 1.54) is 19.1 Å². The number of nitrogen functional groups attached to an aromatic ring is 1. The third-order valence-electron chi connectivity index (χ3n) is 5.88. The number of ether oxygens (including phenoxy) is 2. The van der Waals surface area contributed by atoms with Gasteiger partial charge in [0.2, 0.25) is 0 Å². The molecule has 3 N–H and O–H groups in total. The van der Waals surface area contributed by atoms with Gasteiger partial charge in [-0.15, -0.1) is 0 Å². The molecular weight excluding hydrogens is 432 g/mol. The summed E-state index contributed by atoms with van der Waals surface area (Å²) in [7, 11) is 0. The van der Waals surface area contributed by atoms with Crippen LogP contribution in [0.15, 0.2) is 55.1 Å². The topological polar surface area (TPSA) is 117 Å². The highest BCUT2D eigenvalue weighted by molar-refractivity contribution is 6.01. The third-order valence-corrected chi connectivity index (χ3v) is 5.88. The van der Waals surface area contributed by atoms with Crippen LogP contribution in [0.4, 0.5) is 16.2 Å². The van der Waals surface area contributed by atoms with E-state index in [9.17, 15) is 4.79 Å². The molecule has 9 nitrogen and oxygen atoms in total.